The van der Waals surface area contributed by atoms with E-state index in [-0.39, 0.29) is 5.28 Å². The lowest BCUT2D eigenvalue weighted by Crippen LogP contribution is -2.26. The van der Waals surface area contributed by atoms with Gasteiger partial charge >= 0.3 is 0 Å². The van der Waals surface area contributed by atoms with Crippen molar-refractivity contribution in [1.82, 2.24) is 14.9 Å². The largest absolute Gasteiger partial charge is 0.394 e. The van der Waals surface area contributed by atoms with Crippen LogP contribution >= 0.6 is 11.6 Å². The minimum absolute atomic E-state index is 0.220. The van der Waals surface area contributed by atoms with Gasteiger partial charge in [0.2, 0.25) is 5.28 Å². The summed E-state index contributed by atoms with van der Waals surface area (Å²) in [6, 6.07) is 0. The standard InChI is InChI=1S/C10H16ClN5/c11-10-14-7-8(12)9(15-10)13-3-6-16-4-1-2-5-16/h7H,1-6,12H2,(H,13,14,15). The molecule has 0 unspecified atom stereocenters. The van der Waals surface area contributed by atoms with Crippen LogP contribution in [0.1, 0.15) is 12.8 Å². The number of nitrogens with two attached hydrogens (primary N) is 1. The molecule has 2 heterocycles. The van der Waals surface area contributed by atoms with Crippen molar-refractivity contribution in [3.63, 3.8) is 0 Å². The molecule has 0 amide bonds. The molecule has 3 N–H and O–H groups in total. The van der Waals surface area contributed by atoms with Gasteiger partial charge in [-0.3, -0.25) is 0 Å². The van der Waals surface area contributed by atoms with E-state index in [4.69, 9.17) is 17.3 Å². The molecule has 88 valence electrons. The molecule has 1 aliphatic rings. The number of nitrogen functional groups attached to an aromatic ring is 1. The topological polar surface area (TPSA) is 67.1 Å². The van der Waals surface area contributed by atoms with Crippen molar-refractivity contribution in [2.45, 2.75) is 12.8 Å². The number of nitrogens with zero attached hydrogens (tertiary/aromatic N) is 3. The number of anilines is 2. The Bertz CT molecular complexity index is 351. The van der Waals surface area contributed by atoms with Crippen LogP contribution in [0.5, 0.6) is 0 Å². The van der Waals surface area contributed by atoms with Crippen molar-refractivity contribution in [2.75, 3.05) is 37.2 Å². The SMILES string of the molecule is Nc1cnc(Cl)nc1NCCN1CCCC1. The molecule has 0 aliphatic carbocycles. The highest BCUT2D eigenvalue weighted by molar-refractivity contribution is 6.28. The minimum atomic E-state index is 0.220. The van der Waals surface area contributed by atoms with E-state index < -0.39 is 0 Å². The van der Waals surface area contributed by atoms with E-state index in [1.165, 1.54) is 32.1 Å². The molecule has 1 saturated heterocycles. The highest BCUT2D eigenvalue weighted by Gasteiger charge is 2.10. The summed E-state index contributed by atoms with van der Waals surface area (Å²) in [7, 11) is 0. The average molecular weight is 242 g/mol. The van der Waals surface area contributed by atoms with E-state index in [2.05, 4.69) is 20.2 Å². The first-order valence-electron chi connectivity index (χ1n) is 5.50. The summed E-state index contributed by atoms with van der Waals surface area (Å²) >= 11 is 5.69. The van der Waals surface area contributed by atoms with Gasteiger partial charge in [-0.15, -0.1) is 0 Å². The quantitative estimate of drug-likeness (QED) is 0.776. The second-order valence-corrected chi connectivity index (χ2v) is 4.26. The Hall–Kier alpha value is -1.07. The highest BCUT2D eigenvalue weighted by Crippen LogP contribution is 2.15. The zero-order valence-corrected chi connectivity index (χ0v) is 9.87. The Morgan fingerprint density at radius 2 is 2.19 bits per heavy atom. The highest BCUT2D eigenvalue weighted by atomic mass is 35.5. The zero-order chi connectivity index (χ0) is 11.4. The molecule has 16 heavy (non-hydrogen) atoms. The molecular formula is C10H16ClN5. The van der Waals surface area contributed by atoms with Gasteiger partial charge in [0, 0.05) is 13.1 Å². The third-order valence-electron chi connectivity index (χ3n) is 2.71. The van der Waals surface area contributed by atoms with Crippen LogP contribution in [0, 0.1) is 0 Å². The van der Waals surface area contributed by atoms with Gasteiger partial charge in [0.25, 0.3) is 0 Å². The monoisotopic (exact) mass is 241 g/mol. The fourth-order valence-corrected chi connectivity index (χ4v) is 1.98. The normalized spacial score (nSPS) is 16.6. The molecule has 0 atom stereocenters. The molecule has 2 rings (SSSR count). The number of hydrogen-bond donors (Lipinski definition) is 2. The third-order valence-corrected chi connectivity index (χ3v) is 2.89. The van der Waals surface area contributed by atoms with Gasteiger partial charge in [0.15, 0.2) is 5.82 Å². The van der Waals surface area contributed by atoms with Crippen LogP contribution in [-0.2, 0) is 0 Å². The first-order valence-corrected chi connectivity index (χ1v) is 5.88. The lowest BCUT2D eigenvalue weighted by Gasteiger charge is -2.15. The lowest BCUT2D eigenvalue weighted by atomic mass is 10.4. The summed E-state index contributed by atoms with van der Waals surface area (Å²) in [5.74, 6) is 0.624. The molecule has 0 aromatic carbocycles. The molecule has 0 bridgehead atoms. The van der Waals surface area contributed by atoms with Gasteiger partial charge in [-0.25, -0.2) is 4.98 Å². The van der Waals surface area contributed by atoms with Crippen LogP contribution in [0.2, 0.25) is 5.28 Å². The summed E-state index contributed by atoms with van der Waals surface area (Å²) in [6.07, 6.45) is 4.14. The molecule has 0 radical (unpaired) electrons. The van der Waals surface area contributed by atoms with E-state index in [1.807, 2.05) is 0 Å². The molecule has 0 saturated carbocycles. The summed E-state index contributed by atoms with van der Waals surface area (Å²) in [6.45, 7) is 4.24. The fraction of sp³-hybridized carbons (Fsp3) is 0.600. The molecule has 1 aromatic rings. The maximum absolute atomic E-state index is 5.72. The van der Waals surface area contributed by atoms with Crippen LogP contribution in [0.4, 0.5) is 11.5 Å². The van der Waals surface area contributed by atoms with Gasteiger partial charge in [0.05, 0.1) is 11.9 Å². The van der Waals surface area contributed by atoms with Crippen molar-refractivity contribution in [1.29, 1.82) is 0 Å². The Morgan fingerprint density at radius 1 is 1.44 bits per heavy atom. The molecule has 1 fully saturated rings. The lowest BCUT2D eigenvalue weighted by molar-refractivity contribution is 0.352. The third kappa shape index (κ3) is 2.96. The number of likely N-dealkylation sites (tertiary alicyclic amines) is 1. The zero-order valence-electron chi connectivity index (χ0n) is 9.12. The predicted molar refractivity (Wildman–Crippen MR) is 65.6 cm³/mol. The molecule has 6 heteroatoms. The van der Waals surface area contributed by atoms with Gasteiger partial charge in [-0.1, -0.05) is 0 Å². The second-order valence-electron chi connectivity index (χ2n) is 3.92. The van der Waals surface area contributed by atoms with Crippen molar-refractivity contribution in [3.05, 3.63) is 11.5 Å². The van der Waals surface area contributed by atoms with Crippen molar-refractivity contribution in [2.24, 2.45) is 0 Å². The first kappa shape index (κ1) is 11.4. The Kier molecular flexibility index (Phi) is 3.79. The van der Waals surface area contributed by atoms with E-state index in [9.17, 15) is 0 Å². The molecule has 1 aromatic heterocycles. The van der Waals surface area contributed by atoms with E-state index in [0.29, 0.717) is 11.5 Å². The Labute approximate surface area is 100 Å². The van der Waals surface area contributed by atoms with Crippen LogP contribution in [-0.4, -0.2) is 41.0 Å². The van der Waals surface area contributed by atoms with Crippen molar-refractivity contribution in [3.8, 4) is 0 Å². The summed E-state index contributed by atoms with van der Waals surface area (Å²) in [5, 5.41) is 3.40. The average Bonchev–Trinajstić information content (AvgIpc) is 2.76. The Balaban J connectivity index is 1.82. The molecular weight excluding hydrogens is 226 g/mol. The van der Waals surface area contributed by atoms with Crippen molar-refractivity contribution >= 4 is 23.1 Å². The number of hydrogen-bond acceptors (Lipinski definition) is 5. The van der Waals surface area contributed by atoms with Crippen LogP contribution < -0.4 is 11.1 Å². The van der Waals surface area contributed by atoms with E-state index in [1.54, 1.807) is 0 Å². The molecule has 0 spiro atoms. The number of halogens is 1. The van der Waals surface area contributed by atoms with Gasteiger partial charge in [-0.05, 0) is 37.5 Å². The summed E-state index contributed by atoms with van der Waals surface area (Å²) in [4.78, 5) is 10.3. The van der Waals surface area contributed by atoms with Crippen LogP contribution in [0.25, 0.3) is 0 Å². The van der Waals surface area contributed by atoms with Gasteiger partial charge < -0.3 is 16.0 Å². The van der Waals surface area contributed by atoms with E-state index >= 15 is 0 Å². The predicted octanol–water partition coefficient (Wildman–Crippen LogP) is 1.22. The first-order chi connectivity index (χ1) is 7.75. The maximum atomic E-state index is 5.72. The van der Waals surface area contributed by atoms with Gasteiger partial charge in [0.1, 0.15) is 0 Å². The van der Waals surface area contributed by atoms with Crippen LogP contribution in [0.3, 0.4) is 0 Å². The number of nitrogens with one attached hydrogen (secondary N) is 1. The van der Waals surface area contributed by atoms with Crippen LogP contribution in [0.15, 0.2) is 6.20 Å². The summed E-state index contributed by atoms with van der Waals surface area (Å²) in [5.41, 5.74) is 6.26. The number of rotatable bonds is 4. The molecule has 5 nitrogen and oxygen atoms in total. The summed E-state index contributed by atoms with van der Waals surface area (Å²) < 4.78 is 0. The molecule has 1 aliphatic heterocycles. The number of aromatic nitrogens is 2. The maximum Gasteiger partial charge on any atom is 0.224 e. The smallest absolute Gasteiger partial charge is 0.224 e. The Morgan fingerprint density at radius 3 is 2.94 bits per heavy atom. The minimum Gasteiger partial charge on any atom is -0.394 e. The van der Waals surface area contributed by atoms with Gasteiger partial charge in [-0.2, -0.15) is 4.98 Å². The van der Waals surface area contributed by atoms with Crippen molar-refractivity contribution < 1.29 is 0 Å². The fourth-order valence-electron chi connectivity index (χ4n) is 1.85. The second kappa shape index (κ2) is 5.32. The van der Waals surface area contributed by atoms with E-state index in [0.717, 1.165) is 13.1 Å².